The van der Waals surface area contributed by atoms with Gasteiger partial charge in [0.25, 0.3) is 5.56 Å². The maximum absolute atomic E-state index is 14.1. The Balaban J connectivity index is 1.63. The molecule has 0 saturated heterocycles. The molecule has 0 radical (unpaired) electrons. The van der Waals surface area contributed by atoms with Crippen LogP contribution in [-0.4, -0.2) is 20.9 Å². The number of rotatable bonds is 6. The summed E-state index contributed by atoms with van der Waals surface area (Å²) in [6.07, 6.45) is 3.76. The number of pyridine rings is 2. The van der Waals surface area contributed by atoms with Crippen molar-refractivity contribution in [1.82, 2.24) is 14.4 Å². The summed E-state index contributed by atoms with van der Waals surface area (Å²) in [5, 5.41) is 12.6. The molecule has 0 aliphatic heterocycles. The van der Waals surface area contributed by atoms with E-state index < -0.39 is 5.82 Å². The Labute approximate surface area is 194 Å². The third kappa shape index (κ3) is 3.79. The SMILES string of the molecule is N#Cc1c(N)nc(N)nc1NCCc1c(-c2ccccc2)c(=O)n2cc(F)ccc2c1C1CC1. The zero-order chi connectivity index (χ0) is 23.8. The predicted octanol–water partition coefficient (Wildman–Crippen LogP) is 3.46. The van der Waals surface area contributed by atoms with Crippen molar-refractivity contribution >= 4 is 23.1 Å². The number of nitriles is 1. The van der Waals surface area contributed by atoms with Gasteiger partial charge in [0.05, 0.1) is 11.1 Å². The highest BCUT2D eigenvalue weighted by Gasteiger charge is 2.31. The molecule has 8 nitrogen and oxygen atoms in total. The summed E-state index contributed by atoms with van der Waals surface area (Å²) in [6.45, 7) is 0.376. The van der Waals surface area contributed by atoms with Gasteiger partial charge >= 0.3 is 0 Å². The highest BCUT2D eigenvalue weighted by atomic mass is 19.1. The second-order valence-electron chi connectivity index (χ2n) is 8.29. The Morgan fingerprint density at radius 3 is 2.62 bits per heavy atom. The molecule has 1 saturated carbocycles. The van der Waals surface area contributed by atoms with Crippen molar-refractivity contribution < 1.29 is 4.39 Å². The largest absolute Gasteiger partial charge is 0.382 e. The number of nitrogens with zero attached hydrogens (tertiary/aromatic N) is 4. The summed E-state index contributed by atoms with van der Waals surface area (Å²) in [7, 11) is 0. The van der Waals surface area contributed by atoms with Crippen molar-refractivity contribution in [2.24, 2.45) is 0 Å². The molecular formula is C25H22FN7O. The van der Waals surface area contributed by atoms with E-state index in [4.69, 9.17) is 11.5 Å². The number of nitrogen functional groups attached to an aromatic ring is 2. The van der Waals surface area contributed by atoms with Crippen molar-refractivity contribution in [3.63, 3.8) is 0 Å². The van der Waals surface area contributed by atoms with Crippen LogP contribution in [0.3, 0.4) is 0 Å². The Bertz CT molecular complexity index is 1500. The number of halogens is 1. The van der Waals surface area contributed by atoms with Crippen LogP contribution in [0.1, 0.15) is 35.4 Å². The predicted molar refractivity (Wildman–Crippen MR) is 129 cm³/mol. The maximum atomic E-state index is 14.1. The van der Waals surface area contributed by atoms with Crippen LogP contribution in [0, 0.1) is 17.1 Å². The monoisotopic (exact) mass is 455 g/mol. The van der Waals surface area contributed by atoms with Crippen LogP contribution in [-0.2, 0) is 6.42 Å². The lowest BCUT2D eigenvalue weighted by molar-refractivity contribution is 0.618. The molecule has 3 aromatic heterocycles. The van der Waals surface area contributed by atoms with Crippen LogP contribution in [0.15, 0.2) is 53.5 Å². The Morgan fingerprint density at radius 2 is 1.91 bits per heavy atom. The highest BCUT2D eigenvalue weighted by Crippen LogP contribution is 2.45. The zero-order valence-corrected chi connectivity index (χ0v) is 18.3. The smallest absolute Gasteiger partial charge is 0.263 e. The molecule has 34 heavy (non-hydrogen) atoms. The summed E-state index contributed by atoms with van der Waals surface area (Å²) in [6, 6.07) is 14.5. The summed E-state index contributed by atoms with van der Waals surface area (Å²) in [5.41, 5.74) is 15.4. The molecule has 1 aromatic carbocycles. The van der Waals surface area contributed by atoms with Gasteiger partial charge in [0, 0.05) is 12.7 Å². The number of nitrogens with one attached hydrogen (secondary N) is 1. The zero-order valence-electron chi connectivity index (χ0n) is 18.3. The first-order valence-corrected chi connectivity index (χ1v) is 11.0. The quantitative estimate of drug-likeness (QED) is 0.405. The van der Waals surface area contributed by atoms with Gasteiger partial charge in [-0.25, -0.2) is 4.39 Å². The van der Waals surface area contributed by atoms with E-state index in [1.54, 1.807) is 6.07 Å². The fourth-order valence-corrected chi connectivity index (χ4v) is 4.43. The normalized spacial score (nSPS) is 13.1. The second-order valence-corrected chi connectivity index (χ2v) is 8.29. The minimum Gasteiger partial charge on any atom is -0.382 e. The molecule has 9 heteroatoms. The van der Waals surface area contributed by atoms with Crippen molar-refractivity contribution in [2.45, 2.75) is 25.2 Å². The molecule has 5 N–H and O–H groups in total. The molecule has 0 unspecified atom stereocenters. The standard InChI is InChI=1S/C25H22FN7O/c26-16-8-9-19-20(15-6-7-15)17(10-11-30-23-18(12-27)22(28)31-25(29)32-23)21(24(34)33(19)13-16)14-4-2-1-3-5-14/h1-5,8-9,13,15H,6-7,10-11H2,(H5,28,29,30,31,32). The highest BCUT2D eigenvalue weighted by molar-refractivity contribution is 5.75. The molecule has 0 bridgehead atoms. The first kappa shape index (κ1) is 21.4. The van der Waals surface area contributed by atoms with E-state index in [0.717, 1.165) is 35.0 Å². The molecule has 1 aliphatic carbocycles. The molecule has 170 valence electrons. The van der Waals surface area contributed by atoms with E-state index in [1.165, 1.54) is 16.7 Å². The van der Waals surface area contributed by atoms with Crippen molar-refractivity contribution in [3.05, 3.63) is 81.5 Å². The number of benzene rings is 1. The molecular weight excluding hydrogens is 433 g/mol. The van der Waals surface area contributed by atoms with Crippen molar-refractivity contribution in [1.29, 1.82) is 5.26 Å². The number of anilines is 3. The minimum atomic E-state index is -0.465. The average Bonchev–Trinajstić information content (AvgIpc) is 3.65. The molecule has 1 fully saturated rings. The fraction of sp³-hybridized carbons (Fsp3) is 0.200. The Kier molecular flexibility index (Phi) is 5.34. The topological polar surface area (TPSA) is 135 Å². The van der Waals surface area contributed by atoms with Crippen molar-refractivity contribution in [3.8, 4) is 17.2 Å². The fourth-order valence-electron chi connectivity index (χ4n) is 4.43. The first-order chi connectivity index (χ1) is 16.5. The molecule has 0 atom stereocenters. The lowest BCUT2D eigenvalue weighted by atomic mass is 9.91. The van der Waals surface area contributed by atoms with Gasteiger partial charge < -0.3 is 16.8 Å². The molecule has 4 aromatic rings. The van der Waals surface area contributed by atoms with Crippen LogP contribution in [0.2, 0.25) is 0 Å². The molecule has 1 aliphatic rings. The molecule has 5 rings (SSSR count). The third-order valence-corrected chi connectivity index (χ3v) is 6.03. The first-order valence-electron chi connectivity index (χ1n) is 11.0. The van der Waals surface area contributed by atoms with Gasteiger partial charge in [-0.1, -0.05) is 30.3 Å². The number of hydrogen-bond donors (Lipinski definition) is 3. The molecule has 0 amide bonds. The van der Waals surface area contributed by atoms with Gasteiger partial charge in [0.2, 0.25) is 5.95 Å². The number of nitrogens with two attached hydrogens (primary N) is 2. The van der Waals surface area contributed by atoms with Crippen molar-refractivity contribution in [2.75, 3.05) is 23.3 Å². The van der Waals surface area contributed by atoms with Crippen LogP contribution < -0.4 is 22.3 Å². The van der Waals surface area contributed by atoms with Gasteiger partial charge in [-0.05, 0) is 54.0 Å². The minimum absolute atomic E-state index is 0.00659. The van der Waals surface area contributed by atoms with E-state index in [2.05, 4.69) is 15.3 Å². The Hall–Kier alpha value is -4.45. The van der Waals surface area contributed by atoms with Crippen LogP contribution in [0.5, 0.6) is 0 Å². The van der Waals surface area contributed by atoms with E-state index in [1.807, 2.05) is 36.4 Å². The van der Waals surface area contributed by atoms with E-state index in [0.29, 0.717) is 24.4 Å². The lowest BCUT2D eigenvalue weighted by Crippen LogP contribution is -2.22. The van der Waals surface area contributed by atoms with E-state index >= 15 is 0 Å². The average molecular weight is 455 g/mol. The van der Waals surface area contributed by atoms with Gasteiger partial charge in [-0.3, -0.25) is 9.20 Å². The molecule has 3 heterocycles. The van der Waals surface area contributed by atoms with Gasteiger partial charge in [0.15, 0.2) is 5.82 Å². The van der Waals surface area contributed by atoms with E-state index in [9.17, 15) is 14.4 Å². The Morgan fingerprint density at radius 1 is 1.15 bits per heavy atom. The summed E-state index contributed by atoms with van der Waals surface area (Å²) in [5.74, 6) is 0.0633. The van der Waals surface area contributed by atoms with Gasteiger partial charge in [0.1, 0.15) is 23.3 Å². The summed E-state index contributed by atoms with van der Waals surface area (Å²) in [4.78, 5) is 21.5. The number of aromatic nitrogens is 3. The third-order valence-electron chi connectivity index (χ3n) is 6.03. The summed E-state index contributed by atoms with van der Waals surface area (Å²) >= 11 is 0. The molecule has 0 spiro atoms. The van der Waals surface area contributed by atoms with Crippen LogP contribution in [0.4, 0.5) is 22.0 Å². The number of fused-ring (bicyclic) bond motifs is 1. The van der Waals surface area contributed by atoms with Crippen LogP contribution in [0.25, 0.3) is 16.6 Å². The van der Waals surface area contributed by atoms with E-state index in [-0.39, 0.29) is 28.7 Å². The summed E-state index contributed by atoms with van der Waals surface area (Å²) < 4.78 is 15.5. The van der Waals surface area contributed by atoms with Gasteiger partial charge in [-0.15, -0.1) is 0 Å². The second kappa shape index (κ2) is 8.48. The van der Waals surface area contributed by atoms with Gasteiger partial charge in [-0.2, -0.15) is 15.2 Å². The van der Waals surface area contributed by atoms with Crippen LogP contribution >= 0.6 is 0 Å². The number of hydrogen-bond acceptors (Lipinski definition) is 7. The maximum Gasteiger partial charge on any atom is 0.263 e. The lowest BCUT2D eigenvalue weighted by Gasteiger charge is -2.19.